The molecule has 2 rings (SSSR count). The molecule has 1 heterocycles. The van der Waals surface area contributed by atoms with Crippen LogP contribution in [0.2, 0.25) is 0 Å². The van der Waals surface area contributed by atoms with Gasteiger partial charge in [-0.3, -0.25) is 4.79 Å². The molecule has 0 spiro atoms. The van der Waals surface area contributed by atoms with Crippen LogP contribution in [-0.2, 0) is 0 Å². The standard InChI is InChI=1S/C12H12F2N2OS/c1-16(6-9(13)14)12(17)11-10(15)7-4-2-3-5-8(7)18-11/h2-5,9H,6,15H2,1H3. The van der Waals surface area contributed by atoms with Crippen molar-refractivity contribution >= 4 is 33.0 Å². The smallest absolute Gasteiger partial charge is 0.266 e. The number of fused-ring (bicyclic) bond motifs is 1. The predicted molar refractivity (Wildman–Crippen MR) is 69.2 cm³/mol. The molecule has 1 amide bonds. The molecule has 0 aliphatic carbocycles. The minimum atomic E-state index is -2.55. The number of hydrogen-bond donors (Lipinski definition) is 1. The molecule has 96 valence electrons. The number of hydrogen-bond acceptors (Lipinski definition) is 3. The quantitative estimate of drug-likeness (QED) is 0.932. The highest BCUT2D eigenvalue weighted by atomic mass is 32.1. The Hall–Kier alpha value is -1.69. The second kappa shape index (κ2) is 4.89. The first kappa shape index (κ1) is 12.8. The van der Waals surface area contributed by atoms with E-state index in [0.717, 1.165) is 15.0 Å². The maximum atomic E-state index is 12.2. The number of rotatable bonds is 3. The number of carbonyl (C=O) groups excluding carboxylic acids is 1. The number of amides is 1. The highest BCUT2D eigenvalue weighted by Gasteiger charge is 2.21. The van der Waals surface area contributed by atoms with Crippen LogP contribution in [0.3, 0.4) is 0 Å². The lowest BCUT2D eigenvalue weighted by atomic mass is 10.2. The summed E-state index contributed by atoms with van der Waals surface area (Å²) < 4.78 is 25.4. The van der Waals surface area contributed by atoms with E-state index >= 15 is 0 Å². The summed E-state index contributed by atoms with van der Waals surface area (Å²) in [6.07, 6.45) is -2.55. The zero-order chi connectivity index (χ0) is 13.3. The van der Waals surface area contributed by atoms with Crippen LogP contribution in [0.5, 0.6) is 0 Å². The Kier molecular flexibility index (Phi) is 3.47. The third-order valence-corrected chi connectivity index (χ3v) is 3.76. The van der Waals surface area contributed by atoms with Crippen molar-refractivity contribution in [1.82, 2.24) is 4.90 Å². The van der Waals surface area contributed by atoms with Crippen LogP contribution < -0.4 is 5.73 Å². The summed E-state index contributed by atoms with van der Waals surface area (Å²) in [7, 11) is 1.35. The molecule has 6 heteroatoms. The second-order valence-corrected chi connectivity index (χ2v) is 4.97. The summed E-state index contributed by atoms with van der Waals surface area (Å²) in [6, 6.07) is 7.32. The average molecular weight is 270 g/mol. The van der Waals surface area contributed by atoms with Gasteiger partial charge in [-0.15, -0.1) is 11.3 Å². The third-order valence-electron chi connectivity index (χ3n) is 2.59. The summed E-state index contributed by atoms with van der Waals surface area (Å²) in [5, 5.41) is 0.788. The summed E-state index contributed by atoms with van der Waals surface area (Å²) in [5.41, 5.74) is 6.25. The van der Waals surface area contributed by atoms with Gasteiger partial charge in [0, 0.05) is 17.1 Å². The van der Waals surface area contributed by atoms with Crippen LogP contribution in [-0.4, -0.2) is 30.8 Å². The highest BCUT2D eigenvalue weighted by molar-refractivity contribution is 7.21. The summed E-state index contributed by atoms with van der Waals surface area (Å²) in [6.45, 7) is -0.591. The monoisotopic (exact) mass is 270 g/mol. The normalized spacial score (nSPS) is 11.1. The Morgan fingerprint density at radius 3 is 2.72 bits per heavy atom. The molecule has 0 bridgehead atoms. The van der Waals surface area contributed by atoms with E-state index in [1.165, 1.54) is 18.4 Å². The maximum Gasteiger partial charge on any atom is 0.266 e. The lowest BCUT2D eigenvalue weighted by Gasteiger charge is -2.15. The van der Waals surface area contributed by atoms with Crippen molar-refractivity contribution in [2.45, 2.75) is 6.43 Å². The molecule has 1 aromatic carbocycles. The van der Waals surface area contributed by atoms with Crippen LogP contribution in [0, 0.1) is 0 Å². The van der Waals surface area contributed by atoms with Crippen molar-refractivity contribution in [3.63, 3.8) is 0 Å². The molecule has 0 aliphatic rings. The number of thiophene rings is 1. The fourth-order valence-electron chi connectivity index (χ4n) is 1.69. The lowest BCUT2D eigenvalue weighted by molar-refractivity contribution is 0.0625. The van der Waals surface area contributed by atoms with Gasteiger partial charge in [0.05, 0.1) is 12.2 Å². The van der Waals surface area contributed by atoms with E-state index in [1.807, 2.05) is 24.3 Å². The van der Waals surface area contributed by atoms with E-state index in [-0.39, 0.29) is 0 Å². The van der Waals surface area contributed by atoms with Gasteiger partial charge in [0.2, 0.25) is 0 Å². The van der Waals surface area contributed by atoms with E-state index in [1.54, 1.807) is 0 Å². The molecule has 0 saturated carbocycles. The first-order chi connectivity index (χ1) is 8.50. The van der Waals surface area contributed by atoms with Gasteiger partial charge in [-0.05, 0) is 6.07 Å². The molecule has 0 unspecified atom stereocenters. The molecule has 0 saturated heterocycles. The van der Waals surface area contributed by atoms with Gasteiger partial charge in [-0.2, -0.15) is 0 Å². The van der Waals surface area contributed by atoms with Crippen molar-refractivity contribution in [1.29, 1.82) is 0 Å². The summed E-state index contributed by atoms with van der Waals surface area (Å²) in [4.78, 5) is 13.3. The average Bonchev–Trinajstić information content (AvgIpc) is 2.66. The zero-order valence-corrected chi connectivity index (χ0v) is 10.5. The Bertz CT molecular complexity index is 582. The number of halogens is 2. The fourth-order valence-corrected chi connectivity index (χ4v) is 2.81. The van der Waals surface area contributed by atoms with Crippen molar-refractivity contribution in [3.05, 3.63) is 29.1 Å². The van der Waals surface area contributed by atoms with Crippen LogP contribution >= 0.6 is 11.3 Å². The Balaban J connectivity index is 2.36. The molecule has 2 aromatic rings. The van der Waals surface area contributed by atoms with E-state index < -0.39 is 18.9 Å². The first-order valence-corrected chi connectivity index (χ1v) is 6.13. The van der Waals surface area contributed by atoms with Gasteiger partial charge in [-0.1, -0.05) is 18.2 Å². The Morgan fingerprint density at radius 1 is 1.44 bits per heavy atom. The van der Waals surface area contributed by atoms with Crippen LogP contribution in [0.15, 0.2) is 24.3 Å². The molecule has 0 atom stereocenters. The largest absolute Gasteiger partial charge is 0.397 e. The number of anilines is 1. The minimum Gasteiger partial charge on any atom is -0.397 e. The maximum absolute atomic E-state index is 12.2. The van der Waals surface area contributed by atoms with Crippen molar-refractivity contribution < 1.29 is 13.6 Å². The van der Waals surface area contributed by atoms with E-state index in [2.05, 4.69) is 0 Å². The van der Waals surface area contributed by atoms with Crippen molar-refractivity contribution in [3.8, 4) is 0 Å². The van der Waals surface area contributed by atoms with Gasteiger partial charge < -0.3 is 10.6 Å². The molecule has 3 nitrogen and oxygen atoms in total. The third kappa shape index (κ3) is 2.28. The summed E-state index contributed by atoms with van der Waals surface area (Å²) in [5.74, 6) is -0.464. The van der Waals surface area contributed by atoms with Gasteiger partial charge in [-0.25, -0.2) is 8.78 Å². The molecule has 0 fully saturated rings. The summed E-state index contributed by atoms with van der Waals surface area (Å²) >= 11 is 1.23. The van der Waals surface area contributed by atoms with Crippen molar-refractivity contribution in [2.24, 2.45) is 0 Å². The Labute approximate surface area is 107 Å². The van der Waals surface area contributed by atoms with Crippen molar-refractivity contribution in [2.75, 3.05) is 19.3 Å². The number of nitrogens with two attached hydrogens (primary N) is 1. The van der Waals surface area contributed by atoms with E-state index in [9.17, 15) is 13.6 Å². The molecule has 2 N–H and O–H groups in total. The van der Waals surface area contributed by atoms with Gasteiger partial charge in [0.1, 0.15) is 4.88 Å². The van der Waals surface area contributed by atoms with Gasteiger partial charge >= 0.3 is 0 Å². The van der Waals surface area contributed by atoms with Crippen LogP contribution in [0.25, 0.3) is 10.1 Å². The molecular weight excluding hydrogens is 258 g/mol. The number of benzene rings is 1. The van der Waals surface area contributed by atoms with Crippen LogP contribution in [0.1, 0.15) is 9.67 Å². The lowest BCUT2D eigenvalue weighted by Crippen LogP contribution is -2.31. The Morgan fingerprint density at radius 2 is 2.11 bits per heavy atom. The predicted octanol–water partition coefficient (Wildman–Crippen LogP) is 2.82. The van der Waals surface area contributed by atoms with E-state index in [0.29, 0.717) is 10.6 Å². The molecule has 0 radical (unpaired) electrons. The minimum absolute atomic E-state index is 0.319. The fraction of sp³-hybridized carbons (Fsp3) is 0.250. The number of carbonyl (C=O) groups is 1. The topological polar surface area (TPSA) is 46.3 Å². The first-order valence-electron chi connectivity index (χ1n) is 5.31. The van der Waals surface area contributed by atoms with Gasteiger partial charge in [0.25, 0.3) is 12.3 Å². The molecule has 1 aromatic heterocycles. The highest BCUT2D eigenvalue weighted by Crippen LogP contribution is 2.34. The van der Waals surface area contributed by atoms with E-state index in [4.69, 9.17) is 5.73 Å². The molecule has 0 aliphatic heterocycles. The van der Waals surface area contributed by atoms with Crippen LogP contribution in [0.4, 0.5) is 14.5 Å². The second-order valence-electron chi connectivity index (χ2n) is 3.92. The number of alkyl halides is 2. The number of nitrogens with zero attached hydrogens (tertiary/aromatic N) is 1. The number of nitrogen functional groups attached to an aromatic ring is 1. The molecule has 18 heavy (non-hydrogen) atoms. The zero-order valence-electron chi connectivity index (χ0n) is 9.69. The molecular formula is C12H12F2N2OS. The van der Waals surface area contributed by atoms with Gasteiger partial charge in [0.15, 0.2) is 0 Å². The SMILES string of the molecule is CN(CC(F)F)C(=O)c1sc2ccccc2c1N.